The van der Waals surface area contributed by atoms with Crippen molar-refractivity contribution >= 4 is 58.0 Å². The number of likely N-dealkylation sites (N-methyl/N-ethyl adjacent to an activating group) is 1. The molecule has 2 aromatic carbocycles. The first kappa shape index (κ1) is 40.1. The van der Waals surface area contributed by atoms with Crippen molar-refractivity contribution < 1.29 is 29.3 Å². The number of halogens is 2. The van der Waals surface area contributed by atoms with Crippen molar-refractivity contribution in [1.29, 1.82) is 0 Å². The number of benzene rings is 2. The van der Waals surface area contributed by atoms with Gasteiger partial charge in [-0.05, 0) is 68.2 Å². The third kappa shape index (κ3) is 10.00. The van der Waals surface area contributed by atoms with E-state index < -0.39 is 36.4 Å². The zero-order chi connectivity index (χ0) is 38.9. The number of amides is 4. The van der Waals surface area contributed by atoms with Crippen molar-refractivity contribution in [3.05, 3.63) is 81.9 Å². The van der Waals surface area contributed by atoms with Gasteiger partial charge in [0, 0.05) is 55.2 Å². The van der Waals surface area contributed by atoms with Gasteiger partial charge in [-0.2, -0.15) is 0 Å². The van der Waals surface area contributed by atoms with Crippen molar-refractivity contribution in [3.8, 4) is 0 Å². The summed E-state index contributed by atoms with van der Waals surface area (Å²) in [7, 11) is 0. The lowest BCUT2D eigenvalue weighted by Gasteiger charge is -2.26. The molecule has 16 nitrogen and oxygen atoms in total. The van der Waals surface area contributed by atoms with Crippen LogP contribution in [0.15, 0.2) is 54.9 Å². The Hall–Kier alpha value is -4.58. The van der Waals surface area contributed by atoms with E-state index in [4.69, 9.17) is 27.9 Å². The van der Waals surface area contributed by atoms with Gasteiger partial charge in [-0.25, -0.2) is 19.7 Å². The van der Waals surface area contributed by atoms with Crippen molar-refractivity contribution in [1.82, 2.24) is 45.7 Å². The number of piperidine rings is 1. The molecule has 0 bridgehead atoms. The van der Waals surface area contributed by atoms with E-state index in [2.05, 4.69) is 46.4 Å². The van der Waals surface area contributed by atoms with Crippen molar-refractivity contribution in [3.63, 3.8) is 0 Å². The van der Waals surface area contributed by atoms with Gasteiger partial charge in [-0.15, -0.1) is 0 Å². The van der Waals surface area contributed by atoms with E-state index in [1.54, 1.807) is 19.1 Å². The van der Waals surface area contributed by atoms with E-state index in [-0.39, 0.29) is 54.4 Å². The van der Waals surface area contributed by atoms with Crippen LogP contribution in [0, 0.1) is 0 Å². The first-order valence-corrected chi connectivity index (χ1v) is 19.2. The third-order valence-electron chi connectivity index (χ3n) is 9.58. The second-order valence-corrected chi connectivity index (χ2v) is 14.3. The molecule has 4 atom stereocenters. The summed E-state index contributed by atoms with van der Waals surface area (Å²) >= 11 is 12.8. The summed E-state index contributed by atoms with van der Waals surface area (Å²) in [4.78, 5) is 54.4. The quantitative estimate of drug-likeness (QED) is 0.0871. The van der Waals surface area contributed by atoms with E-state index >= 15 is 0 Å². The molecule has 0 saturated carbocycles. The number of imidazole rings is 1. The van der Waals surface area contributed by atoms with Gasteiger partial charge < -0.3 is 46.4 Å². The topological polar surface area (TPSA) is 208 Å². The summed E-state index contributed by atoms with van der Waals surface area (Å²) in [5.74, 6) is -1.54. The number of anilines is 1. The van der Waals surface area contributed by atoms with Crippen LogP contribution in [-0.4, -0.2) is 123 Å². The van der Waals surface area contributed by atoms with Gasteiger partial charge in [0.1, 0.15) is 12.2 Å². The fourth-order valence-corrected chi connectivity index (χ4v) is 7.18. The van der Waals surface area contributed by atoms with Gasteiger partial charge in [-0.3, -0.25) is 14.2 Å². The van der Waals surface area contributed by atoms with Crippen LogP contribution < -0.4 is 26.6 Å². The highest BCUT2D eigenvalue weighted by atomic mass is 35.5. The molecule has 0 spiro atoms. The lowest BCUT2D eigenvalue weighted by Crippen LogP contribution is -2.43. The molecule has 0 unspecified atom stereocenters. The minimum Gasteiger partial charge on any atom is -0.387 e. The molecule has 2 fully saturated rings. The van der Waals surface area contributed by atoms with Gasteiger partial charge >= 0.3 is 6.03 Å². The number of urea groups is 1. The predicted molar refractivity (Wildman–Crippen MR) is 207 cm³/mol. The molecule has 0 radical (unpaired) electrons. The molecule has 4 heterocycles. The first-order valence-electron chi connectivity index (χ1n) is 18.4. The van der Waals surface area contributed by atoms with Crippen LogP contribution in [-0.2, 0) is 9.53 Å². The molecule has 55 heavy (non-hydrogen) atoms. The number of hydrogen-bond acceptors (Lipinski definition) is 11. The molecule has 2 aliphatic rings. The number of aliphatic hydroxyl groups is 2. The Balaban J connectivity index is 1.22. The lowest BCUT2D eigenvalue weighted by atomic mass is 9.91. The number of carbonyl (C=O) groups is 3. The molecule has 0 aliphatic carbocycles. The van der Waals surface area contributed by atoms with Crippen LogP contribution in [0.5, 0.6) is 0 Å². The van der Waals surface area contributed by atoms with E-state index in [9.17, 15) is 24.6 Å². The molecule has 4 amide bonds. The molecule has 4 aromatic rings. The Morgan fingerprint density at radius 3 is 2.24 bits per heavy atom. The van der Waals surface area contributed by atoms with Gasteiger partial charge in [0.15, 0.2) is 29.3 Å². The highest BCUT2D eigenvalue weighted by Gasteiger charge is 2.47. The molecular weight excluding hydrogens is 751 g/mol. The van der Waals surface area contributed by atoms with Crippen molar-refractivity contribution in [2.45, 2.75) is 56.6 Å². The number of likely N-dealkylation sites (tertiary alicyclic amines) is 1. The normalized spacial score (nSPS) is 20.0. The van der Waals surface area contributed by atoms with E-state index in [0.717, 1.165) is 30.8 Å². The molecular formula is C37H46Cl2N10O6. The fraction of sp³-hybridized carbons (Fsp3) is 0.459. The van der Waals surface area contributed by atoms with Crippen LogP contribution in [0.25, 0.3) is 11.2 Å². The monoisotopic (exact) mass is 796 g/mol. The number of ether oxygens (including phenoxy) is 1. The number of aliphatic hydroxyl groups excluding tert-OH is 2. The molecule has 294 valence electrons. The number of aromatic nitrogens is 4. The Bertz CT molecular complexity index is 1920. The highest BCUT2D eigenvalue weighted by molar-refractivity contribution is 6.31. The van der Waals surface area contributed by atoms with E-state index in [0.29, 0.717) is 23.1 Å². The Morgan fingerprint density at radius 2 is 1.56 bits per heavy atom. The van der Waals surface area contributed by atoms with Crippen LogP contribution in [0.2, 0.25) is 10.0 Å². The third-order valence-corrected chi connectivity index (χ3v) is 10.1. The predicted octanol–water partition coefficient (Wildman–Crippen LogP) is 2.65. The largest absolute Gasteiger partial charge is 0.387 e. The lowest BCUT2D eigenvalue weighted by molar-refractivity contribution is -0.137. The van der Waals surface area contributed by atoms with Crippen LogP contribution in [0.3, 0.4) is 0 Å². The van der Waals surface area contributed by atoms with Gasteiger partial charge in [0.2, 0.25) is 5.82 Å². The minimum absolute atomic E-state index is 0.0816. The van der Waals surface area contributed by atoms with Crippen molar-refractivity contribution in [2.24, 2.45) is 0 Å². The zero-order valence-corrected chi connectivity index (χ0v) is 31.9. The summed E-state index contributed by atoms with van der Waals surface area (Å²) < 4.78 is 7.20. The maximum atomic E-state index is 13.5. The number of nitrogens with one attached hydrogen (secondary N) is 5. The SMILES string of the molecule is CCNC(=O)[C@H]1O[C@@H](n2cnc3c(NCC(c4cccc(Cl)c4)c4cccc(Cl)c4)nc(C(=O)NCCNC(=O)NCCN4CCCCC4)nc32)[C@@H](O)[C@@H]1O. The summed E-state index contributed by atoms with van der Waals surface area (Å²) in [5, 5.41) is 37.1. The van der Waals surface area contributed by atoms with Crippen LogP contribution in [0.4, 0.5) is 10.6 Å². The molecule has 2 saturated heterocycles. The van der Waals surface area contributed by atoms with Crippen LogP contribution in [0.1, 0.15) is 60.1 Å². The molecule has 2 aliphatic heterocycles. The Morgan fingerprint density at radius 1 is 0.891 bits per heavy atom. The summed E-state index contributed by atoms with van der Waals surface area (Å²) in [6, 6.07) is 14.5. The number of hydrogen-bond donors (Lipinski definition) is 7. The standard InChI is InChI=1S/C37H46Cl2N10O6/c1-2-40-34(52)30-28(50)29(51)36(55-30)49-21-45-27-31(44-20-26(22-8-6-10-24(38)18-22)23-9-7-11-25(39)19-23)46-32(47-33(27)49)35(53)41-12-13-42-37(54)43-14-17-48-15-4-3-5-16-48/h6-11,18-19,21,26,28-30,36,50-51H,2-5,12-17,20H2,1H3,(H,40,52)(H,41,53)(H2,42,43,54)(H,44,46,47)/t28-,29-,30-,36+/m0/s1. The first-order chi connectivity index (χ1) is 26.6. The number of carbonyl (C=O) groups excluding carboxylic acids is 3. The molecule has 2 aromatic heterocycles. The summed E-state index contributed by atoms with van der Waals surface area (Å²) in [5.41, 5.74) is 2.13. The molecule has 18 heteroatoms. The fourth-order valence-electron chi connectivity index (χ4n) is 6.79. The van der Waals surface area contributed by atoms with Crippen molar-refractivity contribution in [2.75, 3.05) is 57.7 Å². The maximum absolute atomic E-state index is 13.5. The molecule has 6 rings (SSSR count). The van der Waals surface area contributed by atoms with Gasteiger partial charge in [0.05, 0.1) is 6.33 Å². The van der Waals surface area contributed by atoms with Gasteiger partial charge in [0.25, 0.3) is 11.8 Å². The molecule has 7 N–H and O–H groups in total. The second kappa shape index (κ2) is 18.8. The minimum atomic E-state index is -1.54. The van der Waals surface area contributed by atoms with Crippen LogP contribution >= 0.6 is 23.2 Å². The number of fused-ring (bicyclic) bond motifs is 1. The second-order valence-electron chi connectivity index (χ2n) is 13.4. The van der Waals surface area contributed by atoms with Gasteiger partial charge in [-0.1, -0.05) is 53.9 Å². The summed E-state index contributed by atoms with van der Waals surface area (Å²) in [6.45, 7) is 5.89. The average molecular weight is 798 g/mol. The average Bonchev–Trinajstić information content (AvgIpc) is 3.73. The smallest absolute Gasteiger partial charge is 0.314 e. The Labute approximate surface area is 328 Å². The maximum Gasteiger partial charge on any atom is 0.314 e. The highest BCUT2D eigenvalue weighted by Crippen LogP contribution is 2.34. The number of rotatable bonds is 15. The zero-order valence-electron chi connectivity index (χ0n) is 30.4. The summed E-state index contributed by atoms with van der Waals surface area (Å²) in [6.07, 6.45) is -0.763. The number of nitrogens with zero attached hydrogens (tertiary/aromatic N) is 5. The Kier molecular flexibility index (Phi) is 13.7. The van der Waals surface area contributed by atoms with E-state index in [1.165, 1.54) is 30.2 Å². The van der Waals surface area contributed by atoms with E-state index in [1.807, 2.05) is 36.4 Å².